The first-order chi connectivity index (χ1) is 13.0. The van der Waals surface area contributed by atoms with Crippen molar-refractivity contribution in [3.05, 3.63) is 40.4 Å². The third-order valence-corrected chi connectivity index (χ3v) is 4.47. The lowest BCUT2D eigenvalue weighted by Gasteiger charge is -2.11. The van der Waals surface area contributed by atoms with Crippen LogP contribution in [0.3, 0.4) is 0 Å². The number of hydrogen-bond acceptors (Lipinski definition) is 6. The molecular weight excluding hydrogens is 379 g/mol. The Morgan fingerprint density at radius 2 is 2.26 bits per heavy atom. The second-order valence-corrected chi connectivity index (χ2v) is 6.48. The SMILES string of the molecule is Cc1onc(-c2c(F)cccc2Cl)c1C(=O)OCC(=O)NCC1CCCO1. The number of hydrogen-bond donors (Lipinski definition) is 1. The van der Waals surface area contributed by atoms with Gasteiger partial charge in [-0.15, -0.1) is 0 Å². The molecule has 1 saturated heterocycles. The molecule has 2 aromatic rings. The van der Waals surface area contributed by atoms with Crippen molar-refractivity contribution in [2.24, 2.45) is 0 Å². The number of carbonyl (C=O) groups excluding carboxylic acids is 2. The van der Waals surface area contributed by atoms with E-state index in [1.54, 1.807) is 0 Å². The van der Waals surface area contributed by atoms with Gasteiger partial charge in [-0.25, -0.2) is 9.18 Å². The van der Waals surface area contributed by atoms with Crippen LogP contribution in [0.2, 0.25) is 5.02 Å². The van der Waals surface area contributed by atoms with Gasteiger partial charge in [-0.2, -0.15) is 0 Å². The van der Waals surface area contributed by atoms with Crippen LogP contribution in [0.25, 0.3) is 11.3 Å². The summed E-state index contributed by atoms with van der Waals surface area (Å²) < 4.78 is 29.6. The number of rotatable bonds is 6. The fourth-order valence-corrected chi connectivity index (χ4v) is 3.05. The van der Waals surface area contributed by atoms with E-state index in [1.165, 1.54) is 25.1 Å². The standard InChI is InChI=1S/C18H18ClFN2O5/c1-10-15(17(22-27-10)16-12(19)5-2-6-13(16)20)18(24)26-9-14(23)21-8-11-4-3-7-25-11/h2,5-6,11H,3-4,7-9H2,1H3,(H,21,23). The Bertz CT molecular complexity index is 828. The highest BCUT2D eigenvalue weighted by molar-refractivity contribution is 6.33. The van der Waals surface area contributed by atoms with Crippen LogP contribution < -0.4 is 5.32 Å². The summed E-state index contributed by atoms with van der Waals surface area (Å²) in [6.07, 6.45) is 1.83. The Labute approximate surface area is 159 Å². The topological polar surface area (TPSA) is 90.7 Å². The van der Waals surface area contributed by atoms with Crippen molar-refractivity contribution in [2.45, 2.75) is 25.9 Å². The number of amides is 1. The lowest BCUT2D eigenvalue weighted by molar-refractivity contribution is -0.124. The van der Waals surface area contributed by atoms with E-state index in [0.717, 1.165) is 12.8 Å². The predicted molar refractivity (Wildman–Crippen MR) is 93.9 cm³/mol. The van der Waals surface area contributed by atoms with Crippen molar-refractivity contribution in [3.63, 3.8) is 0 Å². The number of nitrogens with zero attached hydrogens (tertiary/aromatic N) is 1. The van der Waals surface area contributed by atoms with E-state index in [-0.39, 0.29) is 33.7 Å². The zero-order valence-corrected chi connectivity index (χ0v) is 15.3. The average Bonchev–Trinajstić information content (AvgIpc) is 3.28. The van der Waals surface area contributed by atoms with Crippen molar-refractivity contribution in [1.82, 2.24) is 10.5 Å². The molecule has 0 radical (unpaired) electrons. The minimum atomic E-state index is -0.852. The van der Waals surface area contributed by atoms with Gasteiger partial charge in [0.1, 0.15) is 22.8 Å². The van der Waals surface area contributed by atoms with Crippen molar-refractivity contribution >= 4 is 23.5 Å². The van der Waals surface area contributed by atoms with Crippen LogP contribution in [0.15, 0.2) is 22.7 Å². The fourth-order valence-electron chi connectivity index (χ4n) is 2.79. The molecule has 1 aromatic carbocycles. The molecule has 144 valence electrons. The number of nitrogens with one attached hydrogen (secondary N) is 1. The van der Waals surface area contributed by atoms with Gasteiger partial charge in [-0.3, -0.25) is 4.79 Å². The van der Waals surface area contributed by atoms with Crippen LogP contribution in [0, 0.1) is 12.7 Å². The first-order valence-electron chi connectivity index (χ1n) is 8.43. The number of halogens is 2. The summed E-state index contributed by atoms with van der Waals surface area (Å²) in [5.41, 5.74) is -0.208. The molecule has 0 bridgehead atoms. The van der Waals surface area contributed by atoms with Gasteiger partial charge in [0.25, 0.3) is 5.91 Å². The molecular formula is C18H18ClFN2O5. The molecule has 2 heterocycles. The monoisotopic (exact) mass is 396 g/mol. The van der Waals surface area contributed by atoms with Gasteiger partial charge in [0.05, 0.1) is 16.7 Å². The zero-order valence-electron chi connectivity index (χ0n) is 14.6. The minimum Gasteiger partial charge on any atom is -0.452 e. The molecule has 7 nitrogen and oxygen atoms in total. The summed E-state index contributed by atoms with van der Waals surface area (Å²) in [7, 11) is 0. The van der Waals surface area contributed by atoms with Crippen LogP contribution in [-0.4, -0.2) is 42.9 Å². The highest BCUT2D eigenvalue weighted by Crippen LogP contribution is 2.33. The molecule has 1 atom stereocenters. The maximum atomic E-state index is 14.2. The Kier molecular flexibility index (Phi) is 6.08. The first kappa shape index (κ1) is 19.3. The third-order valence-electron chi connectivity index (χ3n) is 4.15. The number of carbonyl (C=O) groups is 2. The van der Waals surface area contributed by atoms with Crippen molar-refractivity contribution in [2.75, 3.05) is 19.8 Å². The van der Waals surface area contributed by atoms with E-state index in [9.17, 15) is 14.0 Å². The Morgan fingerprint density at radius 3 is 2.96 bits per heavy atom. The lowest BCUT2D eigenvalue weighted by Crippen LogP contribution is -2.34. The summed E-state index contributed by atoms with van der Waals surface area (Å²) in [6.45, 7) is 2.04. The number of aryl methyl sites for hydroxylation is 1. The maximum Gasteiger partial charge on any atom is 0.344 e. The lowest BCUT2D eigenvalue weighted by atomic mass is 10.1. The summed E-state index contributed by atoms with van der Waals surface area (Å²) in [4.78, 5) is 24.3. The van der Waals surface area contributed by atoms with E-state index in [0.29, 0.717) is 13.2 Å². The number of benzene rings is 1. The normalized spacial score (nSPS) is 16.3. The molecule has 1 unspecified atom stereocenters. The Hall–Kier alpha value is -2.45. The molecule has 1 aliphatic rings. The quantitative estimate of drug-likeness (QED) is 0.755. The highest BCUT2D eigenvalue weighted by Gasteiger charge is 2.27. The summed E-state index contributed by atoms with van der Waals surface area (Å²) >= 11 is 6.03. The van der Waals surface area contributed by atoms with Gasteiger partial charge in [-0.05, 0) is 31.9 Å². The smallest absolute Gasteiger partial charge is 0.344 e. The number of esters is 1. The van der Waals surface area contributed by atoms with Gasteiger partial charge in [-0.1, -0.05) is 22.8 Å². The molecule has 1 amide bonds. The van der Waals surface area contributed by atoms with Gasteiger partial charge in [0.15, 0.2) is 6.61 Å². The van der Waals surface area contributed by atoms with Gasteiger partial charge in [0.2, 0.25) is 0 Å². The van der Waals surface area contributed by atoms with E-state index < -0.39 is 24.3 Å². The van der Waals surface area contributed by atoms with E-state index in [2.05, 4.69) is 10.5 Å². The second-order valence-electron chi connectivity index (χ2n) is 6.07. The molecule has 3 rings (SSSR count). The van der Waals surface area contributed by atoms with Gasteiger partial charge >= 0.3 is 5.97 Å². The zero-order chi connectivity index (χ0) is 19.4. The van der Waals surface area contributed by atoms with Crippen LogP contribution in [0.5, 0.6) is 0 Å². The molecule has 9 heteroatoms. The first-order valence-corrected chi connectivity index (χ1v) is 8.81. The number of aromatic nitrogens is 1. The summed E-state index contributed by atoms with van der Waals surface area (Å²) in [5, 5.41) is 6.45. The molecule has 1 fully saturated rings. The average molecular weight is 397 g/mol. The van der Waals surface area contributed by atoms with Gasteiger partial charge < -0.3 is 19.3 Å². The fraction of sp³-hybridized carbons (Fsp3) is 0.389. The second kappa shape index (κ2) is 8.49. The van der Waals surface area contributed by atoms with E-state index in [1.807, 2.05) is 0 Å². The number of ether oxygens (including phenoxy) is 2. The van der Waals surface area contributed by atoms with Crippen molar-refractivity contribution in [3.8, 4) is 11.3 Å². The van der Waals surface area contributed by atoms with E-state index >= 15 is 0 Å². The Balaban J connectivity index is 1.67. The van der Waals surface area contributed by atoms with Crippen LogP contribution in [-0.2, 0) is 14.3 Å². The van der Waals surface area contributed by atoms with Crippen LogP contribution in [0.4, 0.5) is 4.39 Å². The molecule has 0 aliphatic carbocycles. The molecule has 0 saturated carbocycles. The van der Waals surface area contributed by atoms with Crippen molar-refractivity contribution < 1.29 is 28.0 Å². The summed E-state index contributed by atoms with van der Waals surface area (Å²) in [6, 6.07) is 4.10. The van der Waals surface area contributed by atoms with Crippen LogP contribution in [0.1, 0.15) is 29.0 Å². The van der Waals surface area contributed by atoms with Crippen molar-refractivity contribution in [1.29, 1.82) is 0 Å². The molecule has 1 aromatic heterocycles. The molecule has 1 N–H and O–H groups in total. The largest absolute Gasteiger partial charge is 0.452 e. The predicted octanol–water partition coefficient (Wildman–Crippen LogP) is 2.89. The van der Waals surface area contributed by atoms with E-state index in [4.69, 9.17) is 25.6 Å². The molecule has 1 aliphatic heterocycles. The third kappa shape index (κ3) is 4.45. The maximum absolute atomic E-state index is 14.2. The van der Waals surface area contributed by atoms with Gasteiger partial charge in [0, 0.05) is 13.2 Å². The highest BCUT2D eigenvalue weighted by atomic mass is 35.5. The molecule has 27 heavy (non-hydrogen) atoms. The molecule has 0 spiro atoms. The minimum absolute atomic E-state index is 0.0141. The Morgan fingerprint density at radius 1 is 1.44 bits per heavy atom. The summed E-state index contributed by atoms with van der Waals surface area (Å²) in [5.74, 6) is -1.83. The van der Waals surface area contributed by atoms with Crippen LogP contribution >= 0.6 is 11.6 Å².